The van der Waals surface area contributed by atoms with Crippen LogP contribution in [0.3, 0.4) is 0 Å². The van der Waals surface area contributed by atoms with Gasteiger partial charge in [0, 0.05) is 12.6 Å². The van der Waals surface area contributed by atoms with Crippen LogP contribution in [0.1, 0.15) is 39.5 Å². The maximum atomic E-state index is 4.52. The number of hydrogen-bond donors (Lipinski definition) is 0. The fourth-order valence-corrected chi connectivity index (χ4v) is 1.68. The van der Waals surface area contributed by atoms with E-state index in [4.69, 9.17) is 0 Å². The van der Waals surface area contributed by atoms with Crippen molar-refractivity contribution in [2.24, 2.45) is 5.92 Å². The molecule has 0 aromatic rings. The third kappa shape index (κ3) is 2.30. The first-order valence-corrected chi connectivity index (χ1v) is 4.49. The van der Waals surface area contributed by atoms with Crippen LogP contribution in [0.25, 0.3) is 0 Å². The van der Waals surface area contributed by atoms with Gasteiger partial charge in [-0.3, -0.25) is 0 Å². The summed E-state index contributed by atoms with van der Waals surface area (Å²) in [6, 6.07) is 0.709. The van der Waals surface area contributed by atoms with Crippen molar-refractivity contribution < 1.29 is 0 Å². The smallest absolute Gasteiger partial charge is 0.0246 e. The van der Waals surface area contributed by atoms with Gasteiger partial charge in [0.25, 0.3) is 0 Å². The molecule has 0 aliphatic heterocycles. The van der Waals surface area contributed by atoms with Crippen molar-refractivity contribution in [3.8, 4) is 0 Å². The highest BCUT2D eigenvalue weighted by molar-refractivity contribution is 4.73. The standard InChI is InChI=1S/C9H18N/c1-3-10-9-6-4-8(2)5-7-9/h8-9H,3-7H2,1-2H3. The zero-order chi connectivity index (χ0) is 7.40. The molecule has 0 spiro atoms. The lowest BCUT2D eigenvalue weighted by molar-refractivity contribution is 0.307. The fraction of sp³-hybridized carbons (Fsp3) is 1.00. The monoisotopic (exact) mass is 140 g/mol. The van der Waals surface area contributed by atoms with Crippen LogP contribution in [0.4, 0.5) is 0 Å². The maximum absolute atomic E-state index is 4.52. The Kier molecular flexibility index (Phi) is 3.20. The Morgan fingerprint density at radius 2 is 1.80 bits per heavy atom. The largest absolute Gasteiger partial charge is 0.239 e. The summed E-state index contributed by atoms with van der Waals surface area (Å²) in [5.74, 6) is 0.961. The minimum absolute atomic E-state index is 0.709. The van der Waals surface area contributed by atoms with Gasteiger partial charge in [-0.05, 0) is 31.6 Å². The molecule has 1 saturated carbocycles. The molecule has 59 valence electrons. The lowest BCUT2D eigenvalue weighted by Crippen LogP contribution is -2.26. The van der Waals surface area contributed by atoms with E-state index in [2.05, 4.69) is 19.2 Å². The molecule has 0 amide bonds. The predicted octanol–water partition coefficient (Wildman–Crippen LogP) is 2.19. The quantitative estimate of drug-likeness (QED) is 0.558. The van der Waals surface area contributed by atoms with Crippen molar-refractivity contribution in [1.29, 1.82) is 0 Å². The van der Waals surface area contributed by atoms with E-state index in [0.29, 0.717) is 6.04 Å². The molecule has 1 nitrogen and oxygen atoms in total. The van der Waals surface area contributed by atoms with Crippen LogP contribution in [0.5, 0.6) is 0 Å². The van der Waals surface area contributed by atoms with Gasteiger partial charge in [0.1, 0.15) is 0 Å². The van der Waals surface area contributed by atoms with Gasteiger partial charge in [-0.1, -0.05) is 13.8 Å². The SMILES string of the molecule is CC[N]C1CCC(C)CC1. The van der Waals surface area contributed by atoms with E-state index < -0.39 is 0 Å². The average Bonchev–Trinajstić information content (AvgIpc) is 1.95. The Morgan fingerprint density at radius 3 is 2.30 bits per heavy atom. The molecule has 0 unspecified atom stereocenters. The molecule has 1 aliphatic rings. The minimum atomic E-state index is 0.709. The zero-order valence-electron chi connectivity index (χ0n) is 7.14. The fourth-order valence-electron chi connectivity index (χ4n) is 1.68. The predicted molar refractivity (Wildman–Crippen MR) is 44.1 cm³/mol. The highest BCUT2D eigenvalue weighted by Gasteiger charge is 2.17. The number of nitrogens with zero attached hydrogens (tertiary/aromatic N) is 1. The Hall–Kier alpha value is -0.0400. The Bertz CT molecular complexity index is 82.7. The zero-order valence-corrected chi connectivity index (χ0v) is 7.14. The summed E-state index contributed by atoms with van der Waals surface area (Å²) in [4.78, 5) is 0. The van der Waals surface area contributed by atoms with Crippen LogP contribution in [0.15, 0.2) is 0 Å². The molecular formula is C9H18N. The first-order chi connectivity index (χ1) is 4.83. The van der Waals surface area contributed by atoms with E-state index in [0.717, 1.165) is 12.5 Å². The molecule has 0 aromatic heterocycles. The number of rotatable bonds is 2. The van der Waals surface area contributed by atoms with Gasteiger partial charge < -0.3 is 0 Å². The normalized spacial score (nSPS) is 34.2. The summed E-state index contributed by atoms with van der Waals surface area (Å²) >= 11 is 0. The molecule has 1 radical (unpaired) electrons. The van der Waals surface area contributed by atoms with Crippen LogP contribution < -0.4 is 5.32 Å². The summed E-state index contributed by atoms with van der Waals surface area (Å²) in [5, 5.41) is 4.52. The molecule has 1 fully saturated rings. The minimum Gasteiger partial charge on any atom is -0.239 e. The molecule has 0 atom stereocenters. The van der Waals surface area contributed by atoms with Gasteiger partial charge in [0.05, 0.1) is 0 Å². The maximum Gasteiger partial charge on any atom is 0.0246 e. The van der Waals surface area contributed by atoms with Gasteiger partial charge >= 0.3 is 0 Å². The van der Waals surface area contributed by atoms with E-state index in [-0.39, 0.29) is 0 Å². The van der Waals surface area contributed by atoms with Gasteiger partial charge in [0.15, 0.2) is 0 Å². The number of hydrogen-bond acceptors (Lipinski definition) is 0. The van der Waals surface area contributed by atoms with Gasteiger partial charge in [0.2, 0.25) is 0 Å². The molecule has 10 heavy (non-hydrogen) atoms. The van der Waals surface area contributed by atoms with Crippen molar-refractivity contribution >= 4 is 0 Å². The Morgan fingerprint density at radius 1 is 1.20 bits per heavy atom. The Labute approximate surface area is 64.2 Å². The second-order valence-corrected chi connectivity index (χ2v) is 3.41. The molecular weight excluding hydrogens is 122 g/mol. The van der Waals surface area contributed by atoms with E-state index in [1.165, 1.54) is 25.7 Å². The van der Waals surface area contributed by atoms with Crippen LogP contribution >= 0.6 is 0 Å². The van der Waals surface area contributed by atoms with Crippen LogP contribution in [0, 0.1) is 5.92 Å². The van der Waals surface area contributed by atoms with E-state index in [1.807, 2.05) is 0 Å². The van der Waals surface area contributed by atoms with Crippen molar-refractivity contribution in [2.75, 3.05) is 6.54 Å². The van der Waals surface area contributed by atoms with E-state index >= 15 is 0 Å². The first-order valence-electron chi connectivity index (χ1n) is 4.49. The molecule has 0 saturated heterocycles. The van der Waals surface area contributed by atoms with Crippen molar-refractivity contribution in [3.05, 3.63) is 0 Å². The van der Waals surface area contributed by atoms with Crippen molar-refractivity contribution in [2.45, 2.75) is 45.6 Å². The molecule has 0 heterocycles. The van der Waals surface area contributed by atoms with Crippen LogP contribution in [0.2, 0.25) is 0 Å². The topological polar surface area (TPSA) is 14.1 Å². The first kappa shape index (κ1) is 8.06. The van der Waals surface area contributed by atoms with Crippen LogP contribution in [-0.2, 0) is 0 Å². The summed E-state index contributed by atoms with van der Waals surface area (Å²) in [7, 11) is 0. The molecule has 0 N–H and O–H groups in total. The van der Waals surface area contributed by atoms with Gasteiger partial charge in [-0.25, -0.2) is 5.32 Å². The van der Waals surface area contributed by atoms with Crippen molar-refractivity contribution in [1.82, 2.24) is 5.32 Å². The highest BCUT2D eigenvalue weighted by Crippen LogP contribution is 2.23. The van der Waals surface area contributed by atoms with Gasteiger partial charge in [-0.2, -0.15) is 0 Å². The summed E-state index contributed by atoms with van der Waals surface area (Å²) < 4.78 is 0. The lowest BCUT2D eigenvalue weighted by Gasteiger charge is -2.25. The highest BCUT2D eigenvalue weighted by atomic mass is 14.9. The molecule has 0 bridgehead atoms. The second kappa shape index (κ2) is 3.97. The second-order valence-electron chi connectivity index (χ2n) is 3.41. The van der Waals surface area contributed by atoms with Crippen molar-refractivity contribution in [3.63, 3.8) is 0 Å². The molecule has 0 aromatic carbocycles. The summed E-state index contributed by atoms with van der Waals surface area (Å²) in [6.07, 6.45) is 5.48. The average molecular weight is 140 g/mol. The third-order valence-corrected chi connectivity index (χ3v) is 2.43. The molecule has 1 aliphatic carbocycles. The summed E-state index contributed by atoms with van der Waals surface area (Å²) in [6.45, 7) is 5.50. The lowest BCUT2D eigenvalue weighted by atomic mass is 9.87. The van der Waals surface area contributed by atoms with Crippen LogP contribution in [-0.4, -0.2) is 12.6 Å². The molecule has 1 rings (SSSR count). The van der Waals surface area contributed by atoms with Gasteiger partial charge in [-0.15, -0.1) is 0 Å². The molecule has 1 heteroatoms. The van der Waals surface area contributed by atoms with E-state index in [9.17, 15) is 0 Å². The Balaban J connectivity index is 2.13. The summed E-state index contributed by atoms with van der Waals surface area (Å²) in [5.41, 5.74) is 0. The van der Waals surface area contributed by atoms with E-state index in [1.54, 1.807) is 0 Å². The third-order valence-electron chi connectivity index (χ3n) is 2.43.